The van der Waals surface area contributed by atoms with Gasteiger partial charge in [0, 0.05) is 30.1 Å². The largest absolute Gasteiger partial charge is 0.496 e. The number of amides is 1. The molecule has 0 aliphatic heterocycles. The third-order valence-electron chi connectivity index (χ3n) is 8.72. The molecule has 0 saturated heterocycles. The van der Waals surface area contributed by atoms with Crippen molar-refractivity contribution in [3.63, 3.8) is 0 Å². The average molecular weight is 601 g/mol. The highest BCUT2D eigenvalue weighted by Gasteiger charge is 2.57. The maximum atomic E-state index is 15.9. The predicted octanol–water partition coefficient (Wildman–Crippen LogP) is 5.79. The minimum absolute atomic E-state index is 0.0342. The van der Waals surface area contributed by atoms with Crippen molar-refractivity contribution in [2.24, 2.45) is 10.8 Å². The topological polar surface area (TPSA) is 145 Å². The maximum absolute atomic E-state index is 15.9. The number of aliphatic carboxylic acids is 1. The van der Waals surface area contributed by atoms with Crippen LogP contribution < -0.4 is 15.8 Å². The fourth-order valence-corrected chi connectivity index (χ4v) is 5.81. The fraction of sp³-hybridized carbons (Fsp3) is 0.345. The molecule has 0 radical (unpaired) electrons. The van der Waals surface area contributed by atoms with Crippen molar-refractivity contribution in [2.75, 3.05) is 18.2 Å². The number of nitrogens with one attached hydrogen (secondary N) is 1. The molecule has 3 aromatic heterocycles. The van der Waals surface area contributed by atoms with Crippen LogP contribution in [0.15, 0.2) is 42.9 Å². The Morgan fingerprint density at radius 3 is 2.51 bits per heavy atom. The highest BCUT2D eigenvalue weighted by molar-refractivity contribution is 6.05. The van der Waals surface area contributed by atoms with Gasteiger partial charge in [-0.1, -0.05) is 13.8 Å². The maximum Gasteiger partial charge on any atom is 0.416 e. The van der Waals surface area contributed by atoms with E-state index in [9.17, 15) is 27.9 Å². The van der Waals surface area contributed by atoms with Crippen molar-refractivity contribution in [3.05, 3.63) is 65.6 Å². The molecule has 10 nitrogen and oxygen atoms in total. The van der Waals surface area contributed by atoms with Crippen molar-refractivity contribution in [1.82, 2.24) is 19.4 Å². The first-order valence-corrected chi connectivity index (χ1v) is 13.2. The lowest BCUT2D eigenvalue weighted by Crippen LogP contribution is -2.40. The number of imidazole rings is 1. The second-order valence-corrected chi connectivity index (χ2v) is 11.2. The number of carbonyl (C=O) groups is 2. The van der Waals surface area contributed by atoms with E-state index in [4.69, 9.17) is 15.5 Å². The third kappa shape index (κ3) is 4.79. The summed E-state index contributed by atoms with van der Waals surface area (Å²) in [5, 5.41) is 12.3. The molecule has 1 aromatic carbocycles. The summed E-state index contributed by atoms with van der Waals surface area (Å²) in [4.78, 5) is 37.8. The number of carbonyl (C=O) groups excluding carboxylic acids is 1. The highest BCUT2D eigenvalue weighted by Crippen LogP contribution is 2.60. The molecule has 3 heterocycles. The third-order valence-corrected chi connectivity index (χ3v) is 8.72. The van der Waals surface area contributed by atoms with Gasteiger partial charge in [-0.25, -0.2) is 19.3 Å². The van der Waals surface area contributed by atoms with Crippen molar-refractivity contribution in [2.45, 2.75) is 45.7 Å². The number of nitrogen functional groups attached to an aromatic ring is 1. The number of nitrogens with zero attached hydrogens (tertiary/aromatic N) is 4. The van der Waals surface area contributed by atoms with E-state index < -0.39 is 40.3 Å². The Labute approximate surface area is 242 Å². The quantitative estimate of drug-likeness (QED) is 0.236. The lowest BCUT2D eigenvalue weighted by molar-refractivity contribution is -0.153. The molecule has 0 bridgehead atoms. The molecular formula is C29H28F4N6O4. The molecule has 4 N–H and O–H groups in total. The number of nitrogens with two attached hydrogens (primary N) is 1. The Kier molecular flexibility index (Phi) is 7.06. The average Bonchev–Trinajstić information content (AvgIpc) is 3.42. The summed E-state index contributed by atoms with van der Waals surface area (Å²) in [5.41, 5.74) is 3.39. The molecule has 1 unspecified atom stereocenters. The summed E-state index contributed by atoms with van der Waals surface area (Å²) in [6.07, 6.45) is 0.207. The Balaban J connectivity index is 1.59. The molecule has 2 atom stereocenters. The van der Waals surface area contributed by atoms with Gasteiger partial charge in [0.25, 0.3) is 5.91 Å². The van der Waals surface area contributed by atoms with Crippen LogP contribution in [-0.2, 0) is 11.0 Å². The molecule has 1 aliphatic rings. The Morgan fingerprint density at radius 2 is 1.88 bits per heavy atom. The summed E-state index contributed by atoms with van der Waals surface area (Å²) in [6.45, 7) is 5.42. The van der Waals surface area contributed by atoms with Gasteiger partial charge in [-0.05, 0) is 49.4 Å². The van der Waals surface area contributed by atoms with Crippen LogP contribution >= 0.6 is 0 Å². The second kappa shape index (κ2) is 10.2. The summed E-state index contributed by atoms with van der Waals surface area (Å²) in [7, 11) is 1.26. The number of alkyl halides is 3. The number of aromatic nitrogens is 4. The summed E-state index contributed by atoms with van der Waals surface area (Å²) < 4.78 is 62.3. The van der Waals surface area contributed by atoms with Crippen LogP contribution in [0.1, 0.15) is 61.3 Å². The molecule has 0 spiro atoms. The number of carboxylic acid groups (broad SMARTS) is 1. The Hall–Kier alpha value is -4.75. The fourth-order valence-electron chi connectivity index (χ4n) is 5.81. The monoisotopic (exact) mass is 600 g/mol. The van der Waals surface area contributed by atoms with E-state index in [-0.39, 0.29) is 45.6 Å². The summed E-state index contributed by atoms with van der Waals surface area (Å²) in [5.74, 6) is -3.10. The zero-order chi connectivity index (χ0) is 31.5. The number of hydrogen-bond acceptors (Lipinski definition) is 7. The van der Waals surface area contributed by atoms with Crippen LogP contribution in [0.4, 0.5) is 29.2 Å². The molecule has 1 saturated carbocycles. The van der Waals surface area contributed by atoms with Crippen molar-refractivity contribution >= 4 is 29.0 Å². The number of benzene rings is 1. The van der Waals surface area contributed by atoms with Crippen LogP contribution in [0.25, 0.3) is 16.8 Å². The van der Waals surface area contributed by atoms with Crippen molar-refractivity contribution in [3.8, 4) is 17.0 Å². The van der Waals surface area contributed by atoms with Gasteiger partial charge in [0.2, 0.25) is 0 Å². The van der Waals surface area contributed by atoms with Gasteiger partial charge in [-0.15, -0.1) is 0 Å². The van der Waals surface area contributed by atoms with Gasteiger partial charge in [0.15, 0.2) is 0 Å². The molecular weight excluding hydrogens is 572 g/mol. The van der Waals surface area contributed by atoms with Gasteiger partial charge in [-0.3, -0.25) is 14.0 Å². The highest BCUT2D eigenvalue weighted by atomic mass is 19.4. The van der Waals surface area contributed by atoms with Crippen LogP contribution in [0.3, 0.4) is 0 Å². The van der Waals surface area contributed by atoms with Gasteiger partial charge < -0.3 is 20.9 Å². The molecule has 5 rings (SSSR count). The van der Waals surface area contributed by atoms with Crippen LogP contribution in [-0.4, -0.2) is 43.4 Å². The van der Waals surface area contributed by atoms with E-state index >= 15 is 4.39 Å². The van der Waals surface area contributed by atoms with E-state index in [1.165, 1.54) is 19.4 Å². The zero-order valence-electron chi connectivity index (χ0n) is 23.6. The van der Waals surface area contributed by atoms with Gasteiger partial charge in [-0.2, -0.15) is 13.2 Å². The van der Waals surface area contributed by atoms with E-state index in [1.807, 2.05) is 13.8 Å². The van der Waals surface area contributed by atoms with Gasteiger partial charge in [0.1, 0.15) is 40.2 Å². The van der Waals surface area contributed by atoms with Gasteiger partial charge in [0.05, 0.1) is 23.7 Å². The van der Waals surface area contributed by atoms with E-state index in [1.54, 1.807) is 17.5 Å². The zero-order valence-corrected chi connectivity index (χ0v) is 23.6. The number of halogens is 4. The van der Waals surface area contributed by atoms with Crippen LogP contribution in [0, 0.1) is 16.6 Å². The summed E-state index contributed by atoms with van der Waals surface area (Å²) >= 11 is 0. The molecule has 1 aliphatic carbocycles. The first-order valence-electron chi connectivity index (χ1n) is 13.2. The molecule has 1 fully saturated rings. The van der Waals surface area contributed by atoms with E-state index in [2.05, 4.69) is 15.3 Å². The smallest absolute Gasteiger partial charge is 0.416 e. The number of rotatable bonds is 6. The Morgan fingerprint density at radius 1 is 1.16 bits per heavy atom. The normalized spacial score (nSPS) is 19.9. The number of fused-ring (bicyclic) bond motifs is 1. The predicted molar refractivity (Wildman–Crippen MR) is 148 cm³/mol. The number of pyridine rings is 1. The lowest BCUT2D eigenvalue weighted by atomic mass is 9.65. The van der Waals surface area contributed by atoms with Crippen molar-refractivity contribution < 1.29 is 37.0 Å². The van der Waals surface area contributed by atoms with Crippen LogP contribution in [0.2, 0.25) is 0 Å². The van der Waals surface area contributed by atoms with E-state index in [0.29, 0.717) is 24.7 Å². The minimum Gasteiger partial charge on any atom is -0.496 e. The number of methoxy groups -OCH3 is 1. The first kappa shape index (κ1) is 29.7. The summed E-state index contributed by atoms with van der Waals surface area (Å²) in [6, 6.07) is 3.54. The molecule has 4 aromatic rings. The lowest BCUT2D eigenvalue weighted by Gasteiger charge is -2.38. The SMILES string of the molecule is COc1cc(C(=O)Nc2cc(C(F)(F)F)ccn2)cc(F)c1-c1nc(C2CC[C@](C)(C(=O)O)C2(C)C)n2ccnc(N)c12. The Bertz CT molecular complexity index is 1770. The molecule has 226 valence electrons. The minimum atomic E-state index is -4.65. The number of anilines is 2. The number of hydrogen-bond donors (Lipinski definition) is 3. The van der Waals surface area contributed by atoms with E-state index in [0.717, 1.165) is 18.3 Å². The first-order chi connectivity index (χ1) is 20.1. The second-order valence-electron chi connectivity index (χ2n) is 11.2. The molecule has 1 amide bonds. The number of ether oxygens (including phenoxy) is 1. The van der Waals surface area contributed by atoms with Crippen molar-refractivity contribution in [1.29, 1.82) is 0 Å². The van der Waals surface area contributed by atoms with Gasteiger partial charge >= 0.3 is 12.1 Å². The molecule has 14 heteroatoms. The van der Waals surface area contributed by atoms with Crippen LogP contribution in [0.5, 0.6) is 5.75 Å². The standard InChI is InChI=1S/C29H28F4N6O4/c1-27(2)16(5-7-28(27,3)26(41)42)24-38-21(22-23(34)36-9-10-39(22)24)20-17(30)11-14(12-18(20)43-4)25(40)37-19-13-15(6-8-35-19)29(31,32)33/h6,8-13,16H,5,7H2,1-4H3,(H2,34,36)(H,41,42)(H,35,37,40)/t16?,28-/m1/s1. The number of carboxylic acids is 1. The molecule has 43 heavy (non-hydrogen) atoms.